The van der Waals surface area contributed by atoms with Crippen molar-refractivity contribution in [1.82, 2.24) is 5.32 Å². The number of amides is 1. The number of methoxy groups -OCH3 is 1. The van der Waals surface area contributed by atoms with Crippen LogP contribution in [0.4, 0.5) is 5.69 Å². The average Bonchev–Trinajstić information content (AvgIpc) is 2.98. The minimum absolute atomic E-state index is 0.0871. The highest BCUT2D eigenvalue weighted by Gasteiger charge is 2.39. The molecule has 1 atom stereocenters. The molecule has 1 fully saturated rings. The number of hydrogen-bond donors (Lipinski definition) is 2. The van der Waals surface area contributed by atoms with Crippen molar-refractivity contribution in [2.45, 2.75) is 19.8 Å². The Bertz CT molecular complexity index is 470. The first kappa shape index (κ1) is 15.8. The van der Waals surface area contributed by atoms with E-state index in [0.29, 0.717) is 13.2 Å². The maximum Gasteiger partial charge on any atom is 0.231 e. The van der Waals surface area contributed by atoms with Crippen LogP contribution in [0.1, 0.15) is 19.8 Å². The summed E-state index contributed by atoms with van der Waals surface area (Å²) in [5.74, 6) is 0.823. The Labute approximate surface area is 126 Å². The molecule has 5 nitrogen and oxygen atoms in total. The van der Waals surface area contributed by atoms with Crippen LogP contribution in [-0.2, 0) is 9.53 Å². The van der Waals surface area contributed by atoms with E-state index in [1.54, 1.807) is 7.11 Å². The van der Waals surface area contributed by atoms with Crippen molar-refractivity contribution in [1.29, 1.82) is 0 Å². The smallest absolute Gasteiger partial charge is 0.231 e. The summed E-state index contributed by atoms with van der Waals surface area (Å²) in [6, 6.07) is 7.48. The van der Waals surface area contributed by atoms with Gasteiger partial charge in [-0.2, -0.15) is 0 Å². The third-order valence-electron chi connectivity index (χ3n) is 4.05. The second kappa shape index (κ2) is 7.43. The Hall–Kier alpha value is -1.59. The summed E-state index contributed by atoms with van der Waals surface area (Å²) >= 11 is 0. The zero-order valence-electron chi connectivity index (χ0n) is 12.8. The minimum Gasteiger partial charge on any atom is -0.491 e. The number of rotatable bonds is 7. The predicted molar refractivity (Wildman–Crippen MR) is 82.7 cm³/mol. The fraction of sp³-hybridized carbons (Fsp3) is 0.562. The zero-order chi connectivity index (χ0) is 15.1. The minimum atomic E-state index is -0.285. The van der Waals surface area contributed by atoms with Crippen LogP contribution in [0.5, 0.6) is 5.75 Å². The zero-order valence-corrected chi connectivity index (χ0v) is 12.8. The number of nitrogens with one attached hydrogen (secondary N) is 2. The third-order valence-corrected chi connectivity index (χ3v) is 4.05. The van der Waals surface area contributed by atoms with E-state index in [2.05, 4.69) is 17.6 Å². The van der Waals surface area contributed by atoms with Gasteiger partial charge >= 0.3 is 0 Å². The van der Waals surface area contributed by atoms with Crippen molar-refractivity contribution in [3.8, 4) is 5.75 Å². The highest BCUT2D eigenvalue weighted by atomic mass is 16.5. The molecule has 1 aliphatic rings. The maximum atomic E-state index is 12.5. The third kappa shape index (κ3) is 3.95. The van der Waals surface area contributed by atoms with Gasteiger partial charge in [-0.05, 0) is 31.5 Å². The van der Waals surface area contributed by atoms with Crippen molar-refractivity contribution in [3.05, 3.63) is 24.3 Å². The van der Waals surface area contributed by atoms with Crippen LogP contribution < -0.4 is 15.4 Å². The van der Waals surface area contributed by atoms with Crippen molar-refractivity contribution in [2.75, 3.05) is 38.7 Å². The average molecular weight is 292 g/mol. The Morgan fingerprint density at radius 2 is 2.29 bits per heavy atom. The summed E-state index contributed by atoms with van der Waals surface area (Å²) < 4.78 is 10.5. The summed E-state index contributed by atoms with van der Waals surface area (Å²) in [5, 5.41) is 6.29. The molecular weight excluding hydrogens is 268 g/mol. The fourth-order valence-corrected chi connectivity index (χ4v) is 2.57. The van der Waals surface area contributed by atoms with Crippen LogP contribution in [0.2, 0.25) is 0 Å². The summed E-state index contributed by atoms with van der Waals surface area (Å²) in [6.45, 7) is 4.76. The molecule has 1 unspecified atom stereocenters. The van der Waals surface area contributed by atoms with Gasteiger partial charge in [0.15, 0.2) is 0 Å². The van der Waals surface area contributed by atoms with Gasteiger partial charge in [0.2, 0.25) is 5.91 Å². The Kier molecular flexibility index (Phi) is 5.59. The number of carbonyl (C=O) groups is 1. The molecule has 116 valence electrons. The number of ether oxygens (including phenoxy) is 2. The maximum absolute atomic E-state index is 12.5. The standard InChI is InChI=1S/C16H24N2O3/c1-3-16(7-8-17-12-16)15(19)18-13-5-4-6-14(11-13)21-10-9-20-2/h4-6,11,17H,3,7-10,12H2,1-2H3,(H,18,19). The molecule has 21 heavy (non-hydrogen) atoms. The van der Waals surface area contributed by atoms with Crippen molar-refractivity contribution < 1.29 is 14.3 Å². The molecule has 1 aromatic rings. The highest BCUT2D eigenvalue weighted by Crippen LogP contribution is 2.31. The van der Waals surface area contributed by atoms with E-state index in [9.17, 15) is 4.79 Å². The SMILES string of the molecule is CCC1(C(=O)Nc2cccc(OCCOC)c2)CCNC1. The van der Waals surface area contributed by atoms with Gasteiger partial charge in [0.25, 0.3) is 0 Å². The van der Waals surface area contributed by atoms with E-state index >= 15 is 0 Å². The number of hydrogen-bond acceptors (Lipinski definition) is 4. The lowest BCUT2D eigenvalue weighted by Gasteiger charge is -2.25. The van der Waals surface area contributed by atoms with Gasteiger partial charge in [0.1, 0.15) is 12.4 Å². The summed E-state index contributed by atoms with van der Waals surface area (Å²) in [6.07, 6.45) is 1.73. The lowest BCUT2D eigenvalue weighted by atomic mass is 9.83. The molecule has 0 bridgehead atoms. The Morgan fingerprint density at radius 3 is 2.95 bits per heavy atom. The number of anilines is 1. The first-order valence-corrected chi connectivity index (χ1v) is 7.44. The molecule has 1 saturated heterocycles. The molecule has 5 heteroatoms. The van der Waals surface area contributed by atoms with Crippen molar-refractivity contribution in [3.63, 3.8) is 0 Å². The first-order chi connectivity index (χ1) is 10.2. The topological polar surface area (TPSA) is 59.6 Å². The second-order valence-corrected chi connectivity index (χ2v) is 5.38. The molecule has 0 aliphatic carbocycles. The Morgan fingerprint density at radius 1 is 1.43 bits per heavy atom. The van der Waals surface area contributed by atoms with Crippen LogP contribution in [0, 0.1) is 5.41 Å². The van der Waals surface area contributed by atoms with Gasteiger partial charge in [0.05, 0.1) is 12.0 Å². The molecule has 2 rings (SSSR count). The summed E-state index contributed by atoms with van der Waals surface area (Å²) in [7, 11) is 1.64. The summed E-state index contributed by atoms with van der Waals surface area (Å²) in [4.78, 5) is 12.5. The van der Waals surface area contributed by atoms with Gasteiger partial charge in [-0.1, -0.05) is 13.0 Å². The lowest BCUT2D eigenvalue weighted by molar-refractivity contribution is -0.124. The highest BCUT2D eigenvalue weighted by molar-refractivity contribution is 5.95. The van der Waals surface area contributed by atoms with Gasteiger partial charge < -0.3 is 20.1 Å². The van der Waals surface area contributed by atoms with E-state index in [0.717, 1.165) is 37.4 Å². The van der Waals surface area contributed by atoms with Crippen LogP contribution in [0.25, 0.3) is 0 Å². The molecule has 0 spiro atoms. The first-order valence-electron chi connectivity index (χ1n) is 7.44. The normalized spacial score (nSPS) is 21.2. The monoisotopic (exact) mass is 292 g/mol. The van der Waals surface area contributed by atoms with E-state index < -0.39 is 0 Å². The van der Waals surface area contributed by atoms with Crippen molar-refractivity contribution in [2.24, 2.45) is 5.41 Å². The fourth-order valence-electron chi connectivity index (χ4n) is 2.57. The van der Waals surface area contributed by atoms with Gasteiger partial charge in [-0.3, -0.25) is 4.79 Å². The lowest BCUT2D eigenvalue weighted by Crippen LogP contribution is -2.37. The predicted octanol–water partition coefficient (Wildman–Crippen LogP) is 2.04. The van der Waals surface area contributed by atoms with E-state index in [1.807, 2.05) is 24.3 Å². The molecule has 2 N–H and O–H groups in total. The molecule has 1 aromatic carbocycles. The van der Waals surface area contributed by atoms with Gasteiger partial charge in [0, 0.05) is 25.4 Å². The molecule has 1 heterocycles. The van der Waals surface area contributed by atoms with E-state index in [4.69, 9.17) is 9.47 Å². The van der Waals surface area contributed by atoms with Crippen molar-refractivity contribution >= 4 is 11.6 Å². The van der Waals surface area contributed by atoms with Crippen LogP contribution in [-0.4, -0.2) is 39.3 Å². The number of benzene rings is 1. The molecule has 1 aliphatic heterocycles. The molecule has 0 saturated carbocycles. The van der Waals surface area contributed by atoms with E-state index in [-0.39, 0.29) is 11.3 Å². The van der Waals surface area contributed by atoms with Gasteiger partial charge in [-0.15, -0.1) is 0 Å². The van der Waals surface area contributed by atoms with E-state index in [1.165, 1.54) is 0 Å². The van der Waals surface area contributed by atoms with Gasteiger partial charge in [-0.25, -0.2) is 0 Å². The largest absolute Gasteiger partial charge is 0.491 e. The second-order valence-electron chi connectivity index (χ2n) is 5.38. The quantitative estimate of drug-likeness (QED) is 0.755. The molecular formula is C16H24N2O3. The molecule has 1 amide bonds. The van der Waals surface area contributed by atoms with Crippen LogP contribution >= 0.6 is 0 Å². The van der Waals surface area contributed by atoms with Crippen LogP contribution in [0.15, 0.2) is 24.3 Å². The van der Waals surface area contributed by atoms with Crippen LogP contribution in [0.3, 0.4) is 0 Å². The summed E-state index contributed by atoms with van der Waals surface area (Å²) in [5.41, 5.74) is 0.488. The molecule has 0 aromatic heterocycles. The number of carbonyl (C=O) groups excluding carboxylic acids is 1. The Balaban J connectivity index is 1.98. The molecule has 0 radical (unpaired) electrons.